The van der Waals surface area contributed by atoms with Gasteiger partial charge in [-0.25, -0.2) is 0 Å². The highest BCUT2D eigenvalue weighted by Crippen LogP contribution is 2.32. The summed E-state index contributed by atoms with van der Waals surface area (Å²) in [5.41, 5.74) is 1.28. The van der Waals surface area contributed by atoms with Crippen LogP contribution in [0.2, 0.25) is 0 Å². The van der Waals surface area contributed by atoms with E-state index in [-0.39, 0.29) is 0 Å². The van der Waals surface area contributed by atoms with Gasteiger partial charge in [0.1, 0.15) is 0 Å². The van der Waals surface area contributed by atoms with Crippen molar-refractivity contribution in [2.24, 2.45) is 0 Å². The molecule has 0 N–H and O–H groups in total. The summed E-state index contributed by atoms with van der Waals surface area (Å²) < 4.78 is 0. The summed E-state index contributed by atoms with van der Waals surface area (Å²) in [5.74, 6) is 0.322. The Hall–Kier alpha value is -0.830. The average molecular weight is 310 g/mol. The van der Waals surface area contributed by atoms with Gasteiger partial charge in [-0.05, 0) is 31.2 Å². The summed E-state index contributed by atoms with van der Waals surface area (Å²) in [6.45, 7) is 0.923. The summed E-state index contributed by atoms with van der Waals surface area (Å²) >= 11 is 3.41. The normalized spacial score (nSPS) is 19.2. The second-order valence-corrected chi connectivity index (χ2v) is 5.59. The van der Waals surface area contributed by atoms with Gasteiger partial charge in [-0.2, -0.15) is 0 Å². The number of rotatable bonds is 5. The molecular formula is C15H20BrNO. The van der Waals surface area contributed by atoms with Gasteiger partial charge in [-0.15, -0.1) is 0 Å². The van der Waals surface area contributed by atoms with Crippen molar-refractivity contribution < 1.29 is 4.79 Å². The largest absolute Gasteiger partial charge is 0.336 e. The van der Waals surface area contributed by atoms with Crippen LogP contribution in [0.1, 0.15) is 43.7 Å². The minimum absolute atomic E-state index is 0.308. The molecule has 98 valence electrons. The molecule has 1 unspecified atom stereocenters. The van der Waals surface area contributed by atoms with E-state index < -0.39 is 0 Å². The predicted molar refractivity (Wildman–Crippen MR) is 77.8 cm³/mol. The molecule has 1 fully saturated rings. The number of benzene rings is 1. The van der Waals surface area contributed by atoms with Crippen LogP contribution in [0.5, 0.6) is 0 Å². The van der Waals surface area contributed by atoms with E-state index in [0.29, 0.717) is 18.4 Å². The molecular weight excluding hydrogens is 290 g/mol. The maximum Gasteiger partial charge on any atom is 0.223 e. The smallest absolute Gasteiger partial charge is 0.223 e. The van der Waals surface area contributed by atoms with E-state index in [4.69, 9.17) is 0 Å². The number of hydrogen-bond donors (Lipinski definition) is 0. The fourth-order valence-corrected chi connectivity index (χ4v) is 3.00. The maximum absolute atomic E-state index is 12.2. The van der Waals surface area contributed by atoms with Crippen molar-refractivity contribution in [1.82, 2.24) is 4.90 Å². The van der Waals surface area contributed by atoms with Crippen LogP contribution < -0.4 is 0 Å². The van der Waals surface area contributed by atoms with Crippen molar-refractivity contribution in [2.45, 2.75) is 38.1 Å². The van der Waals surface area contributed by atoms with Crippen LogP contribution in [0.3, 0.4) is 0 Å². The molecule has 1 aliphatic rings. The van der Waals surface area contributed by atoms with Gasteiger partial charge in [0.15, 0.2) is 0 Å². The van der Waals surface area contributed by atoms with Crippen LogP contribution in [0.4, 0.5) is 0 Å². The lowest BCUT2D eigenvalue weighted by molar-refractivity contribution is -0.132. The first-order chi connectivity index (χ1) is 8.83. The third-order valence-corrected chi connectivity index (χ3v) is 4.09. The van der Waals surface area contributed by atoms with Crippen molar-refractivity contribution in [3.8, 4) is 0 Å². The van der Waals surface area contributed by atoms with Crippen molar-refractivity contribution in [1.29, 1.82) is 0 Å². The molecule has 18 heavy (non-hydrogen) atoms. The lowest BCUT2D eigenvalue weighted by Crippen LogP contribution is -2.30. The van der Waals surface area contributed by atoms with Crippen molar-refractivity contribution in [2.75, 3.05) is 11.9 Å². The standard InChI is InChI=1S/C15H20BrNO/c16-11-5-4-10-15(18)17-12-6-9-14(17)13-7-2-1-3-8-13/h1-3,7-8,14H,4-6,9-12H2. The zero-order valence-corrected chi connectivity index (χ0v) is 12.2. The van der Waals surface area contributed by atoms with Gasteiger partial charge >= 0.3 is 0 Å². The molecule has 1 heterocycles. The second-order valence-electron chi connectivity index (χ2n) is 4.80. The first-order valence-corrected chi connectivity index (χ1v) is 7.85. The van der Waals surface area contributed by atoms with Gasteiger partial charge in [0, 0.05) is 18.3 Å². The Balaban J connectivity index is 1.97. The van der Waals surface area contributed by atoms with Gasteiger partial charge < -0.3 is 4.90 Å². The molecule has 1 amide bonds. The fraction of sp³-hybridized carbons (Fsp3) is 0.533. The van der Waals surface area contributed by atoms with Crippen molar-refractivity contribution in [3.63, 3.8) is 0 Å². The average Bonchev–Trinajstić information content (AvgIpc) is 2.89. The maximum atomic E-state index is 12.2. The van der Waals surface area contributed by atoms with Crippen LogP contribution in [0.15, 0.2) is 30.3 Å². The van der Waals surface area contributed by atoms with E-state index in [0.717, 1.165) is 37.6 Å². The second kappa shape index (κ2) is 6.93. The number of halogens is 1. The fourth-order valence-electron chi connectivity index (χ4n) is 2.60. The first kappa shape index (κ1) is 13.6. The van der Waals surface area contributed by atoms with E-state index in [1.807, 2.05) is 6.07 Å². The number of carbonyl (C=O) groups is 1. The number of amides is 1. The van der Waals surface area contributed by atoms with Gasteiger partial charge in [-0.3, -0.25) is 4.79 Å². The highest BCUT2D eigenvalue weighted by Gasteiger charge is 2.28. The predicted octanol–water partition coefficient (Wildman–Crippen LogP) is 3.92. The number of likely N-dealkylation sites (tertiary alicyclic amines) is 1. The molecule has 1 aromatic rings. The van der Waals surface area contributed by atoms with Crippen molar-refractivity contribution >= 4 is 21.8 Å². The third kappa shape index (κ3) is 3.35. The van der Waals surface area contributed by atoms with Crippen LogP contribution in [0.25, 0.3) is 0 Å². The molecule has 0 aliphatic carbocycles. The Kier molecular flexibility index (Phi) is 5.24. The van der Waals surface area contributed by atoms with E-state index in [2.05, 4.69) is 45.1 Å². The molecule has 0 aromatic heterocycles. The SMILES string of the molecule is O=C(CCCCBr)N1CCCC1c1ccccc1. The van der Waals surface area contributed by atoms with Gasteiger partial charge in [-0.1, -0.05) is 46.3 Å². The first-order valence-electron chi connectivity index (χ1n) is 6.73. The van der Waals surface area contributed by atoms with Crippen LogP contribution in [-0.2, 0) is 4.79 Å². The van der Waals surface area contributed by atoms with E-state index in [9.17, 15) is 4.79 Å². The highest BCUT2D eigenvalue weighted by molar-refractivity contribution is 9.09. The topological polar surface area (TPSA) is 20.3 Å². The Bertz CT molecular complexity index is 379. The minimum Gasteiger partial charge on any atom is -0.336 e. The Morgan fingerprint density at radius 1 is 1.28 bits per heavy atom. The number of nitrogens with zero attached hydrogens (tertiary/aromatic N) is 1. The van der Waals surface area contributed by atoms with Crippen LogP contribution in [-0.4, -0.2) is 22.7 Å². The summed E-state index contributed by atoms with van der Waals surface area (Å²) in [5, 5.41) is 0.988. The Labute approximate surface area is 117 Å². The molecule has 0 spiro atoms. The number of alkyl halides is 1. The van der Waals surface area contributed by atoms with E-state index in [1.165, 1.54) is 5.56 Å². The highest BCUT2D eigenvalue weighted by atomic mass is 79.9. The van der Waals surface area contributed by atoms with Crippen molar-refractivity contribution in [3.05, 3.63) is 35.9 Å². The summed E-state index contributed by atoms with van der Waals surface area (Å²) in [4.78, 5) is 14.3. The summed E-state index contributed by atoms with van der Waals surface area (Å²) in [6, 6.07) is 10.7. The van der Waals surface area contributed by atoms with Gasteiger partial charge in [0.25, 0.3) is 0 Å². The molecule has 0 saturated carbocycles. The molecule has 1 atom stereocenters. The molecule has 1 saturated heterocycles. The number of carbonyl (C=O) groups excluding carboxylic acids is 1. The summed E-state index contributed by atoms with van der Waals surface area (Å²) in [7, 11) is 0. The zero-order chi connectivity index (χ0) is 12.8. The minimum atomic E-state index is 0.308. The quantitative estimate of drug-likeness (QED) is 0.596. The molecule has 3 heteroatoms. The van der Waals surface area contributed by atoms with Gasteiger partial charge in [0.05, 0.1) is 6.04 Å². The van der Waals surface area contributed by atoms with Crippen LogP contribution in [0, 0.1) is 0 Å². The molecule has 1 aromatic carbocycles. The molecule has 1 aliphatic heterocycles. The lowest BCUT2D eigenvalue weighted by atomic mass is 10.0. The molecule has 0 bridgehead atoms. The zero-order valence-electron chi connectivity index (χ0n) is 10.6. The number of hydrogen-bond acceptors (Lipinski definition) is 1. The van der Waals surface area contributed by atoms with E-state index >= 15 is 0 Å². The monoisotopic (exact) mass is 309 g/mol. The molecule has 2 rings (SSSR count). The lowest BCUT2D eigenvalue weighted by Gasteiger charge is -2.25. The Morgan fingerprint density at radius 3 is 2.78 bits per heavy atom. The van der Waals surface area contributed by atoms with Crippen LogP contribution >= 0.6 is 15.9 Å². The third-order valence-electron chi connectivity index (χ3n) is 3.53. The van der Waals surface area contributed by atoms with Gasteiger partial charge in [0.2, 0.25) is 5.91 Å². The Morgan fingerprint density at radius 2 is 2.06 bits per heavy atom. The number of unbranched alkanes of at least 4 members (excludes halogenated alkanes) is 1. The molecule has 2 nitrogen and oxygen atoms in total. The molecule has 0 radical (unpaired) electrons. The van der Waals surface area contributed by atoms with E-state index in [1.54, 1.807) is 0 Å². The summed E-state index contributed by atoms with van der Waals surface area (Å²) in [6.07, 6.45) is 4.99.